The summed E-state index contributed by atoms with van der Waals surface area (Å²) >= 11 is 1.20. The fourth-order valence-electron chi connectivity index (χ4n) is 3.82. The molecule has 2 heterocycles. The van der Waals surface area contributed by atoms with E-state index in [9.17, 15) is 14.7 Å². The van der Waals surface area contributed by atoms with Gasteiger partial charge in [-0.25, -0.2) is 9.79 Å². The van der Waals surface area contributed by atoms with Crippen molar-refractivity contribution in [3.8, 4) is 11.5 Å². The van der Waals surface area contributed by atoms with Crippen molar-refractivity contribution in [3.05, 3.63) is 90.1 Å². The third-order valence-electron chi connectivity index (χ3n) is 5.45. The average molecular weight is 465 g/mol. The molecule has 0 amide bonds. The van der Waals surface area contributed by atoms with Crippen LogP contribution < -0.4 is 19.6 Å². The van der Waals surface area contributed by atoms with Crippen LogP contribution >= 0.6 is 11.3 Å². The Hall–Kier alpha value is -3.65. The average Bonchev–Trinajstić information content (AvgIpc) is 3.09. The zero-order valence-electron chi connectivity index (χ0n) is 18.8. The minimum Gasteiger partial charge on any atom is -0.504 e. The van der Waals surface area contributed by atoms with E-state index in [1.807, 2.05) is 31.2 Å². The summed E-state index contributed by atoms with van der Waals surface area (Å²) in [7, 11) is 1.47. The predicted molar refractivity (Wildman–Crippen MR) is 126 cm³/mol. The second-order valence-electron chi connectivity index (χ2n) is 7.61. The number of nitrogens with zero attached hydrogens (tertiary/aromatic N) is 2. The van der Waals surface area contributed by atoms with Crippen LogP contribution in [0.3, 0.4) is 0 Å². The standard InChI is InChI=1S/C25H24N2O5S/c1-5-32-24(30)20-15(3)26-25-27(21(20)16-11-9-14(2)10-12-16)23(29)19(33-25)13-17-7-6-8-18(31-4)22(17)28/h6-13,21,28H,5H2,1-4H3/b19-13-. The Kier molecular flexibility index (Phi) is 6.20. The van der Waals surface area contributed by atoms with E-state index in [0.717, 1.165) is 11.1 Å². The molecule has 0 saturated carbocycles. The summed E-state index contributed by atoms with van der Waals surface area (Å²) in [6.07, 6.45) is 1.61. The van der Waals surface area contributed by atoms with E-state index in [2.05, 4.69) is 4.99 Å². The SMILES string of the molecule is CCOC(=O)C1=C(C)N=c2s/c(=C\c3cccc(OC)c3O)c(=O)n2C1c1ccc(C)cc1. The van der Waals surface area contributed by atoms with Crippen molar-refractivity contribution >= 4 is 23.4 Å². The number of carbonyl (C=O) groups excluding carboxylic acids is 1. The number of benzene rings is 2. The highest BCUT2D eigenvalue weighted by Gasteiger charge is 2.33. The molecule has 0 fully saturated rings. The van der Waals surface area contributed by atoms with Crippen molar-refractivity contribution in [1.29, 1.82) is 0 Å². The van der Waals surface area contributed by atoms with Crippen LogP contribution in [-0.2, 0) is 9.53 Å². The first kappa shape index (κ1) is 22.5. The second kappa shape index (κ2) is 9.07. The molecule has 0 saturated heterocycles. The molecule has 0 radical (unpaired) electrons. The van der Waals surface area contributed by atoms with Gasteiger partial charge in [0.05, 0.1) is 35.6 Å². The number of aryl methyl sites for hydroxylation is 1. The van der Waals surface area contributed by atoms with Crippen LogP contribution in [0.1, 0.15) is 36.6 Å². The summed E-state index contributed by atoms with van der Waals surface area (Å²) in [6, 6.07) is 12.1. The Morgan fingerprint density at radius 2 is 1.94 bits per heavy atom. The van der Waals surface area contributed by atoms with Crippen molar-refractivity contribution in [2.24, 2.45) is 4.99 Å². The Labute approximate surface area is 194 Å². The Balaban J connectivity index is 1.96. The summed E-state index contributed by atoms with van der Waals surface area (Å²) in [4.78, 5) is 31.5. The number of para-hydroxylation sites is 1. The molecule has 33 heavy (non-hydrogen) atoms. The number of aromatic hydroxyl groups is 1. The van der Waals surface area contributed by atoms with Gasteiger partial charge in [0.15, 0.2) is 16.3 Å². The number of hydrogen-bond acceptors (Lipinski definition) is 7. The Bertz CT molecular complexity index is 1430. The molecule has 170 valence electrons. The molecule has 0 spiro atoms. The molecule has 8 heteroatoms. The van der Waals surface area contributed by atoms with Crippen molar-refractivity contribution in [1.82, 2.24) is 4.57 Å². The van der Waals surface area contributed by atoms with Crippen LogP contribution in [-0.4, -0.2) is 29.4 Å². The van der Waals surface area contributed by atoms with Gasteiger partial charge < -0.3 is 14.6 Å². The second-order valence-corrected chi connectivity index (χ2v) is 8.62. The maximum absolute atomic E-state index is 13.6. The number of allylic oxidation sites excluding steroid dienone is 1. The van der Waals surface area contributed by atoms with Gasteiger partial charge in [-0.3, -0.25) is 9.36 Å². The number of fused-ring (bicyclic) bond motifs is 1. The molecular weight excluding hydrogens is 440 g/mol. The highest BCUT2D eigenvalue weighted by atomic mass is 32.1. The third-order valence-corrected chi connectivity index (χ3v) is 6.43. The molecule has 0 aliphatic carbocycles. The summed E-state index contributed by atoms with van der Waals surface area (Å²) < 4.78 is 12.4. The molecule has 3 aromatic rings. The highest BCUT2D eigenvalue weighted by molar-refractivity contribution is 7.07. The van der Waals surface area contributed by atoms with Crippen LogP contribution in [0, 0.1) is 6.92 Å². The van der Waals surface area contributed by atoms with Crippen molar-refractivity contribution in [2.45, 2.75) is 26.8 Å². The number of phenols is 1. The lowest BCUT2D eigenvalue weighted by molar-refractivity contribution is -0.139. The van der Waals surface area contributed by atoms with Gasteiger partial charge in [0.1, 0.15) is 0 Å². The molecule has 0 bridgehead atoms. The molecular formula is C25H24N2O5S. The van der Waals surface area contributed by atoms with Crippen LogP contribution in [0.25, 0.3) is 6.08 Å². The van der Waals surface area contributed by atoms with Gasteiger partial charge in [-0.15, -0.1) is 0 Å². The lowest BCUT2D eigenvalue weighted by Gasteiger charge is -2.24. The predicted octanol–water partition coefficient (Wildman–Crippen LogP) is 2.82. The van der Waals surface area contributed by atoms with Gasteiger partial charge >= 0.3 is 5.97 Å². The van der Waals surface area contributed by atoms with Crippen molar-refractivity contribution < 1.29 is 19.4 Å². The normalized spacial score (nSPS) is 15.8. The molecule has 4 rings (SSSR count). The smallest absolute Gasteiger partial charge is 0.338 e. The largest absolute Gasteiger partial charge is 0.504 e. The van der Waals surface area contributed by atoms with Gasteiger partial charge in [-0.2, -0.15) is 0 Å². The van der Waals surface area contributed by atoms with E-state index in [0.29, 0.717) is 31.9 Å². The van der Waals surface area contributed by atoms with Gasteiger partial charge in [-0.05, 0) is 38.5 Å². The fourth-order valence-corrected chi connectivity index (χ4v) is 4.85. The van der Waals surface area contributed by atoms with Crippen LogP contribution in [0.2, 0.25) is 0 Å². The van der Waals surface area contributed by atoms with Crippen LogP contribution in [0.4, 0.5) is 0 Å². The number of ether oxygens (including phenoxy) is 2. The lowest BCUT2D eigenvalue weighted by Crippen LogP contribution is -2.39. The number of phenolic OH excluding ortho intramolecular Hbond substituents is 1. The monoisotopic (exact) mass is 464 g/mol. The number of aromatic nitrogens is 1. The van der Waals surface area contributed by atoms with E-state index < -0.39 is 12.0 Å². The van der Waals surface area contributed by atoms with Crippen LogP contribution in [0.15, 0.2) is 63.5 Å². The van der Waals surface area contributed by atoms with Gasteiger partial charge in [0.2, 0.25) is 0 Å². The molecule has 1 aromatic heterocycles. The van der Waals surface area contributed by atoms with Gasteiger partial charge in [0.25, 0.3) is 5.56 Å². The zero-order valence-corrected chi connectivity index (χ0v) is 19.6. The fraction of sp³-hybridized carbons (Fsp3) is 0.240. The number of esters is 1. The van der Waals surface area contributed by atoms with E-state index in [-0.39, 0.29) is 17.9 Å². The van der Waals surface area contributed by atoms with Crippen molar-refractivity contribution in [2.75, 3.05) is 13.7 Å². The van der Waals surface area contributed by atoms with E-state index in [1.54, 1.807) is 38.1 Å². The maximum atomic E-state index is 13.6. The van der Waals surface area contributed by atoms with E-state index >= 15 is 0 Å². The first-order valence-electron chi connectivity index (χ1n) is 10.5. The first-order valence-corrected chi connectivity index (χ1v) is 11.3. The summed E-state index contributed by atoms with van der Waals surface area (Å²) in [5.41, 5.74) is 2.85. The lowest BCUT2D eigenvalue weighted by atomic mass is 9.95. The summed E-state index contributed by atoms with van der Waals surface area (Å²) in [6.45, 7) is 5.68. The molecule has 7 nitrogen and oxygen atoms in total. The highest BCUT2D eigenvalue weighted by Crippen LogP contribution is 2.31. The first-order chi connectivity index (χ1) is 15.8. The molecule has 1 unspecified atom stereocenters. The molecule has 1 atom stereocenters. The minimum absolute atomic E-state index is 0.0516. The van der Waals surface area contributed by atoms with Crippen LogP contribution in [0.5, 0.6) is 11.5 Å². The number of carbonyl (C=O) groups is 1. The van der Waals surface area contributed by atoms with E-state index in [1.165, 1.54) is 23.0 Å². The number of hydrogen-bond donors (Lipinski definition) is 1. The van der Waals surface area contributed by atoms with Gasteiger partial charge in [0, 0.05) is 5.56 Å². The number of methoxy groups -OCH3 is 1. The number of thiazole rings is 1. The Morgan fingerprint density at radius 1 is 1.21 bits per heavy atom. The molecule has 1 aliphatic rings. The van der Waals surface area contributed by atoms with Crippen molar-refractivity contribution in [3.63, 3.8) is 0 Å². The zero-order chi connectivity index (χ0) is 23.7. The topological polar surface area (TPSA) is 90.1 Å². The van der Waals surface area contributed by atoms with E-state index in [4.69, 9.17) is 9.47 Å². The summed E-state index contributed by atoms with van der Waals surface area (Å²) in [5, 5.41) is 10.5. The molecule has 1 aliphatic heterocycles. The third kappa shape index (κ3) is 4.09. The number of rotatable bonds is 5. The minimum atomic E-state index is -0.665. The summed E-state index contributed by atoms with van der Waals surface area (Å²) in [5.74, 6) is -0.233. The maximum Gasteiger partial charge on any atom is 0.338 e. The quantitative estimate of drug-likeness (QED) is 0.587. The molecule has 1 N–H and O–H groups in total. The van der Waals surface area contributed by atoms with Gasteiger partial charge in [-0.1, -0.05) is 53.3 Å². The Morgan fingerprint density at radius 3 is 2.61 bits per heavy atom. The molecule has 2 aromatic carbocycles.